The fourth-order valence-electron chi connectivity index (χ4n) is 1.88. The molecule has 9 heteroatoms. The minimum atomic E-state index is -0.839. The topological polar surface area (TPSA) is 127 Å². The number of anilines is 1. The van der Waals surface area contributed by atoms with Crippen molar-refractivity contribution >= 4 is 17.3 Å². The number of nitro groups is 1. The minimum Gasteiger partial charge on any atom is -0.316 e. The molecule has 0 spiro atoms. The number of rotatable bonds is 3. The van der Waals surface area contributed by atoms with Crippen LogP contribution in [0.1, 0.15) is 15.9 Å². The normalized spacial score (nSPS) is 10.3. The van der Waals surface area contributed by atoms with Crippen molar-refractivity contribution in [3.05, 3.63) is 66.5 Å². The van der Waals surface area contributed by atoms with E-state index in [2.05, 4.69) is 10.3 Å². The molecule has 1 heterocycles. The first-order chi connectivity index (χ1) is 10.3. The summed E-state index contributed by atoms with van der Waals surface area (Å²) in [5.74, 6) is -0.839. The number of aromatic nitrogens is 2. The van der Waals surface area contributed by atoms with Gasteiger partial charge in [-0.2, -0.15) is 0 Å². The van der Waals surface area contributed by atoms with E-state index in [-0.39, 0.29) is 16.9 Å². The second-order valence-electron chi connectivity index (χ2n) is 4.55. The molecule has 0 unspecified atom stereocenters. The molecular weight excluding hydrogens is 292 g/mol. The van der Waals surface area contributed by atoms with Crippen molar-refractivity contribution < 1.29 is 9.72 Å². The SMILES string of the molecule is Cc1cccc([N+](=O)[O-])c1NC(=O)c1c[nH]c(=O)n(C)c1=O. The van der Waals surface area contributed by atoms with Gasteiger partial charge in [0.1, 0.15) is 11.3 Å². The molecule has 1 aromatic heterocycles. The highest BCUT2D eigenvalue weighted by Gasteiger charge is 2.20. The number of aromatic amines is 1. The Morgan fingerprint density at radius 2 is 2.05 bits per heavy atom. The first-order valence-electron chi connectivity index (χ1n) is 6.17. The van der Waals surface area contributed by atoms with Crippen LogP contribution in [0.3, 0.4) is 0 Å². The Morgan fingerprint density at radius 1 is 1.36 bits per heavy atom. The fourth-order valence-corrected chi connectivity index (χ4v) is 1.88. The summed E-state index contributed by atoms with van der Waals surface area (Å²) in [5.41, 5.74) is -1.58. The van der Waals surface area contributed by atoms with Gasteiger partial charge in [0.05, 0.1) is 4.92 Å². The van der Waals surface area contributed by atoms with Gasteiger partial charge in [0, 0.05) is 19.3 Å². The van der Waals surface area contributed by atoms with Gasteiger partial charge in [0.15, 0.2) is 0 Å². The third-order valence-electron chi connectivity index (χ3n) is 3.11. The number of nitrogens with zero attached hydrogens (tertiary/aromatic N) is 2. The first kappa shape index (κ1) is 15.2. The lowest BCUT2D eigenvalue weighted by Crippen LogP contribution is -2.37. The molecule has 0 radical (unpaired) electrons. The van der Waals surface area contributed by atoms with Crippen LogP contribution in [0.4, 0.5) is 11.4 Å². The minimum absolute atomic E-state index is 0.00533. The van der Waals surface area contributed by atoms with Crippen LogP contribution in [-0.4, -0.2) is 20.4 Å². The number of hydrogen-bond acceptors (Lipinski definition) is 5. The predicted octanol–water partition coefficient (Wildman–Crippen LogP) is 0.543. The second kappa shape index (κ2) is 5.64. The Hall–Kier alpha value is -3.23. The molecule has 0 saturated carbocycles. The zero-order chi connectivity index (χ0) is 16.4. The summed E-state index contributed by atoms with van der Waals surface area (Å²) in [6.45, 7) is 1.59. The monoisotopic (exact) mass is 304 g/mol. The molecular formula is C13H12N4O5. The van der Waals surface area contributed by atoms with Gasteiger partial charge in [-0.15, -0.1) is 0 Å². The van der Waals surface area contributed by atoms with Crippen molar-refractivity contribution in [2.75, 3.05) is 5.32 Å². The molecule has 0 atom stereocenters. The lowest BCUT2D eigenvalue weighted by Gasteiger charge is -2.08. The van der Waals surface area contributed by atoms with Gasteiger partial charge in [0.2, 0.25) is 0 Å². The van der Waals surface area contributed by atoms with Crippen molar-refractivity contribution in [3.63, 3.8) is 0 Å². The number of H-pyrrole nitrogens is 1. The third-order valence-corrected chi connectivity index (χ3v) is 3.11. The second-order valence-corrected chi connectivity index (χ2v) is 4.55. The van der Waals surface area contributed by atoms with Gasteiger partial charge in [0.25, 0.3) is 17.2 Å². The van der Waals surface area contributed by atoms with Crippen LogP contribution in [0.15, 0.2) is 34.0 Å². The zero-order valence-electron chi connectivity index (χ0n) is 11.7. The van der Waals surface area contributed by atoms with Crippen LogP contribution in [0.25, 0.3) is 0 Å². The summed E-state index contributed by atoms with van der Waals surface area (Å²) in [7, 11) is 1.22. The van der Waals surface area contributed by atoms with Crippen molar-refractivity contribution in [2.24, 2.45) is 7.05 Å². The number of aryl methyl sites for hydroxylation is 1. The highest BCUT2D eigenvalue weighted by molar-refractivity contribution is 6.05. The number of nitro benzene ring substituents is 1. The molecule has 22 heavy (non-hydrogen) atoms. The Kier molecular flexibility index (Phi) is 3.89. The predicted molar refractivity (Wildman–Crippen MR) is 78.1 cm³/mol. The van der Waals surface area contributed by atoms with Crippen LogP contribution in [0, 0.1) is 17.0 Å². The molecule has 0 aliphatic carbocycles. The van der Waals surface area contributed by atoms with E-state index in [1.807, 2.05) is 0 Å². The van der Waals surface area contributed by atoms with Gasteiger partial charge in [-0.3, -0.25) is 24.3 Å². The molecule has 2 N–H and O–H groups in total. The molecule has 0 saturated heterocycles. The van der Waals surface area contributed by atoms with E-state index in [0.717, 1.165) is 10.8 Å². The molecule has 2 aromatic rings. The maximum Gasteiger partial charge on any atom is 0.328 e. The largest absolute Gasteiger partial charge is 0.328 e. The van der Waals surface area contributed by atoms with Gasteiger partial charge in [-0.05, 0) is 12.5 Å². The highest BCUT2D eigenvalue weighted by Crippen LogP contribution is 2.27. The fraction of sp³-hybridized carbons (Fsp3) is 0.154. The van der Waals surface area contributed by atoms with E-state index >= 15 is 0 Å². The van der Waals surface area contributed by atoms with Gasteiger partial charge < -0.3 is 10.3 Å². The molecule has 0 bridgehead atoms. The lowest BCUT2D eigenvalue weighted by molar-refractivity contribution is -0.383. The van der Waals surface area contributed by atoms with Crippen molar-refractivity contribution in [3.8, 4) is 0 Å². The van der Waals surface area contributed by atoms with Crippen molar-refractivity contribution in [2.45, 2.75) is 6.92 Å². The lowest BCUT2D eigenvalue weighted by atomic mass is 10.1. The molecule has 2 rings (SSSR count). The molecule has 0 aliphatic rings. The average Bonchev–Trinajstić information content (AvgIpc) is 2.46. The van der Waals surface area contributed by atoms with Crippen molar-refractivity contribution in [1.29, 1.82) is 0 Å². The number of para-hydroxylation sites is 1. The Morgan fingerprint density at radius 3 is 2.68 bits per heavy atom. The highest BCUT2D eigenvalue weighted by atomic mass is 16.6. The average molecular weight is 304 g/mol. The quantitative estimate of drug-likeness (QED) is 0.632. The first-order valence-corrected chi connectivity index (χ1v) is 6.17. The summed E-state index contributed by atoms with van der Waals surface area (Å²) >= 11 is 0. The molecule has 0 fully saturated rings. The standard InChI is InChI=1S/C13H12N4O5/c1-7-4-3-5-9(17(21)22)10(7)15-11(18)8-6-14-13(20)16(2)12(8)19/h3-6H,1-2H3,(H,14,20)(H,15,18). The molecule has 9 nitrogen and oxygen atoms in total. The Balaban J connectivity index is 2.47. The maximum atomic E-state index is 12.2. The van der Waals surface area contributed by atoms with Gasteiger partial charge >= 0.3 is 5.69 Å². The van der Waals surface area contributed by atoms with Crippen LogP contribution >= 0.6 is 0 Å². The molecule has 1 amide bonds. The Bertz CT molecular complexity index is 881. The molecule has 0 aliphatic heterocycles. The number of carbonyl (C=O) groups excluding carboxylic acids is 1. The number of carbonyl (C=O) groups is 1. The number of hydrogen-bond donors (Lipinski definition) is 2. The van der Waals surface area contributed by atoms with Gasteiger partial charge in [-0.25, -0.2) is 4.79 Å². The van der Waals surface area contributed by atoms with E-state index in [4.69, 9.17) is 0 Å². The molecule has 1 aromatic carbocycles. The van der Waals surface area contributed by atoms with Crippen molar-refractivity contribution in [1.82, 2.24) is 9.55 Å². The summed E-state index contributed by atoms with van der Waals surface area (Å²) in [4.78, 5) is 47.9. The van der Waals surface area contributed by atoms with E-state index < -0.39 is 22.1 Å². The smallest absolute Gasteiger partial charge is 0.316 e. The summed E-state index contributed by atoms with van der Waals surface area (Å²) in [6, 6.07) is 4.32. The third kappa shape index (κ3) is 2.64. The molecule has 114 valence electrons. The Labute approximate surface area is 123 Å². The number of nitrogens with one attached hydrogen (secondary N) is 2. The summed E-state index contributed by atoms with van der Waals surface area (Å²) in [6.07, 6.45) is 0.976. The number of benzene rings is 1. The van der Waals surface area contributed by atoms with Crippen LogP contribution < -0.4 is 16.6 Å². The van der Waals surface area contributed by atoms with E-state index in [1.165, 1.54) is 19.2 Å². The summed E-state index contributed by atoms with van der Waals surface area (Å²) in [5, 5.41) is 13.3. The van der Waals surface area contributed by atoms with Crippen LogP contribution in [0.5, 0.6) is 0 Å². The van der Waals surface area contributed by atoms with Crippen LogP contribution in [-0.2, 0) is 7.05 Å². The number of amides is 1. The zero-order valence-corrected chi connectivity index (χ0v) is 11.7. The van der Waals surface area contributed by atoms with Crippen LogP contribution in [0.2, 0.25) is 0 Å². The summed E-state index contributed by atoms with van der Waals surface area (Å²) < 4.78 is 0.737. The van der Waals surface area contributed by atoms with Gasteiger partial charge in [-0.1, -0.05) is 12.1 Å². The maximum absolute atomic E-state index is 12.2. The van der Waals surface area contributed by atoms with E-state index in [1.54, 1.807) is 13.0 Å². The van der Waals surface area contributed by atoms with E-state index in [0.29, 0.717) is 5.56 Å². The van der Waals surface area contributed by atoms with E-state index in [9.17, 15) is 24.5 Å².